The van der Waals surface area contributed by atoms with Gasteiger partial charge in [-0.2, -0.15) is 0 Å². The summed E-state index contributed by atoms with van der Waals surface area (Å²) in [6.45, 7) is 4.86. The second-order valence-corrected chi connectivity index (χ2v) is 5.31. The summed E-state index contributed by atoms with van der Waals surface area (Å²) in [7, 11) is 0. The summed E-state index contributed by atoms with van der Waals surface area (Å²) in [6.07, 6.45) is 0.944. The van der Waals surface area contributed by atoms with Crippen molar-refractivity contribution in [3.05, 3.63) is 42.0 Å². The third-order valence-electron chi connectivity index (χ3n) is 3.03. The van der Waals surface area contributed by atoms with Crippen molar-refractivity contribution in [2.24, 2.45) is 5.92 Å². The maximum absolute atomic E-state index is 11.5. The fourth-order valence-corrected chi connectivity index (χ4v) is 2.10. The molecular formula is C16H17ClO2. The molecule has 0 bridgehead atoms. The zero-order valence-electron chi connectivity index (χ0n) is 11.2. The Balaban J connectivity index is 2.41. The van der Waals surface area contributed by atoms with Gasteiger partial charge in [-0.25, -0.2) is 0 Å². The quantitative estimate of drug-likeness (QED) is 0.744. The van der Waals surface area contributed by atoms with Gasteiger partial charge < -0.3 is 4.74 Å². The van der Waals surface area contributed by atoms with Gasteiger partial charge in [0.05, 0.1) is 12.2 Å². The highest BCUT2D eigenvalue weighted by Crippen LogP contribution is 2.31. The first-order chi connectivity index (χ1) is 9.09. The lowest BCUT2D eigenvalue weighted by molar-refractivity contribution is 0.107. The van der Waals surface area contributed by atoms with Crippen LogP contribution >= 0.6 is 11.6 Å². The lowest BCUT2D eigenvalue weighted by Gasteiger charge is -2.13. The van der Waals surface area contributed by atoms with Gasteiger partial charge >= 0.3 is 0 Å². The van der Waals surface area contributed by atoms with E-state index in [0.29, 0.717) is 23.8 Å². The molecule has 0 saturated carbocycles. The molecule has 0 heterocycles. The van der Waals surface area contributed by atoms with E-state index < -0.39 is 5.24 Å². The molecule has 3 heteroatoms. The van der Waals surface area contributed by atoms with Gasteiger partial charge in [-0.15, -0.1) is 0 Å². The Morgan fingerprint density at radius 1 is 1.21 bits per heavy atom. The normalized spacial score (nSPS) is 10.9. The molecule has 0 radical (unpaired) electrons. The van der Waals surface area contributed by atoms with E-state index in [0.717, 1.165) is 17.2 Å². The van der Waals surface area contributed by atoms with E-state index in [1.54, 1.807) is 6.07 Å². The van der Waals surface area contributed by atoms with E-state index in [1.165, 1.54) is 0 Å². The van der Waals surface area contributed by atoms with Gasteiger partial charge in [0.25, 0.3) is 5.24 Å². The fourth-order valence-electron chi connectivity index (χ4n) is 1.95. The molecule has 0 fully saturated rings. The van der Waals surface area contributed by atoms with Gasteiger partial charge in [0, 0.05) is 5.39 Å². The molecule has 0 spiro atoms. The Labute approximate surface area is 118 Å². The van der Waals surface area contributed by atoms with Gasteiger partial charge in [-0.05, 0) is 35.4 Å². The Kier molecular flexibility index (Phi) is 4.43. The van der Waals surface area contributed by atoms with E-state index in [9.17, 15) is 4.79 Å². The molecule has 2 nitrogen and oxygen atoms in total. The number of halogens is 1. The van der Waals surface area contributed by atoms with E-state index >= 15 is 0 Å². The number of hydrogen-bond acceptors (Lipinski definition) is 2. The number of hydrogen-bond donors (Lipinski definition) is 0. The molecule has 0 aliphatic carbocycles. The molecule has 0 unspecified atom stereocenters. The second kappa shape index (κ2) is 6.07. The van der Waals surface area contributed by atoms with Crippen LogP contribution in [-0.4, -0.2) is 11.8 Å². The summed E-state index contributed by atoms with van der Waals surface area (Å²) in [4.78, 5) is 11.5. The average molecular weight is 277 g/mol. The van der Waals surface area contributed by atoms with Crippen LogP contribution in [0.3, 0.4) is 0 Å². The van der Waals surface area contributed by atoms with E-state index in [4.69, 9.17) is 16.3 Å². The monoisotopic (exact) mass is 276 g/mol. The predicted molar refractivity (Wildman–Crippen MR) is 79.1 cm³/mol. The number of fused-ring (bicyclic) bond motifs is 1. The summed E-state index contributed by atoms with van der Waals surface area (Å²) < 4.78 is 5.82. The van der Waals surface area contributed by atoms with Crippen LogP contribution in [0.5, 0.6) is 5.75 Å². The van der Waals surface area contributed by atoms with Crippen molar-refractivity contribution in [2.45, 2.75) is 20.3 Å². The first kappa shape index (κ1) is 13.9. The molecule has 19 heavy (non-hydrogen) atoms. The summed E-state index contributed by atoms with van der Waals surface area (Å²) in [6, 6.07) is 11.4. The molecule has 0 aliphatic heterocycles. The van der Waals surface area contributed by atoms with Crippen LogP contribution in [0.25, 0.3) is 10.8 Å². The van der Waals surface area contributed by atoms with Crippen LogP contribution in [0.15, 0.2) is 36.4 Å². The van der Waals surface area contributed by atoms with Crippen LogP contribution in [0.4, 0.5) is 0 Å². The minimum atomic E-state index is -0.481. The lowest BCUT2D eigenvalue weighted by Crippen LogP contribution is -2.05. The highest BCUT2D eigenvalue weighted by molar-refractivity contribution is 6.68. The third kappa shape index (κ3) is 3.27. The first-order valence-electron chi connectivity index (χ1n) is 6.44. The summed E-state index contributed by atoms with van der Waals surface area (Å²) in [5.41, 5.74) is 0.434. The van der Waals surface area contributed by atoms with Gasteiger partial charge in [-0.3, -0.25) is 4.79 Å². The number of benzene rings is 2. The van der Waals surface area contributed by atoms with Crippen LogP contribution in [0.2, 0.25) is 0 Å². The van der Waals surface area contributed by atoms with Crippen molar-refractivity contribution < 1.29 is 9.53 Å². The highest BCUT2D eigenvalue weighted by Gasteiger charge is 2.14. The first-order valence-corrected chi connectivity index (χ1v) is 6.81. The molecule has 0 saturated heterocycles. The SMILES string of the molecule is CC(C)CCOc1c(C(=O)Cl)ccc2ccccc12. The summed E-state index contributed by atoms with van der Waals surface area (Å²) >= 11 is 5.63. The molecule has 2 aromatic carbocycles. The molecule has 0 amide bonds. The number of carbonyl (C=O) groups is 1. The highest BCUT2D eigenvalue weighted by atomic mass is 35.5. The standard InChI is InChI=1S/C16H17ClO2/c1-11(2)9-10-19-15-13-6-4-3-5-12(13)7-8-14(15)16(17)18/h3-8,11H,9-10H2,1-2H3. The fraction of sp³-hybridized carbons (Fsp3) is 0.312. The van der Waals surface area contributed by atoms with Gasteiger partial charge in [0.15, 0.2) is 0 Å². The number of ether oxygens (including phenoxy) is 1. The smallest absolute Gasteiger partial charge is 0.256 e. The molecule has 2 aromatic rings. The van der Waals surface area contributed by atoms with Crippen LogP contribution < -0.4 is 4.74 Å². The van der Waals surface area contributed by atoms with Crippen molar-refractivity contribution in [2.75, 3.05) is 6.61 Å². The van der Waals surface area contributed by atoms with Crippen molar-refractivity contribution in [1.82, 2.24) is 0 Å². The maximum atomic E-state index is 11.5. The van der Waals surface area contributed by atoms with Crippen LogP contribution in [0.1, 0.15) is 30.6 Å². The maximum Gasteiger partial charge on any atom is 0.256 e. The lowest BCUT2D eigenvalue weighted by atomic mass is 10.1. The van der Waals surface area contributed by atoms with E-state index in [1.807, 2.05) is 30.3 Å². The molecule has 0 N–H and O–H groups in total. The van der Waals surface area contributed by atoms with Gasteiger partial charge in [0.2, 0.25) is 0 Å². The molecule has 2 rings (SSSR count). The van der Waals surface area contributed by atoms with Gasteiger partial charge in [0.1, 0.15) is 5.75 Å². The predicted octanol–water partition coefficient (Wildman–Crippen LogP) is 4.64. The zero-order chi connectivity index (χ0) is 13.8. The molecular weight excluding hydrogens is 260 g/mol. The summed E-state index contributed by atoms with van der Waals surface area (Å²) in [5, 5.41) is 1.49. The minimum absolute atomic E-state index is 0.434. The van der Waals surface area contributed by atoms with Crippen LogP contribution in [0, 0.1) is 5.92 Å². The van der Waals surface area contributed by atoms with Crippen molar-refractivity contribution in [3.8, 4) is 5.75 Å². The number of carbonyl (C=O) groups excluding carboxylic acids is 1. The van der Waals surface area contributed by atoms with Gasteiger partial charge in [-0.1, -0.05) is 44.2 Å². The molecule has 0 aliphatic rings. The Morgan fingerprint density at radius 3 is 2.63 bits per heavy atom. The largest absolute Gasteiger partial charge is 0.492 e. The Hall–Kier alpha value is -1.54. The van der Waals surface area contributed by atoms with E-state index in [2.05, 4.69) is 13.8 Å². The summed E-state index contributed by atoms with van der Waals surface area (Å²) in [5.74, 6) is 1.16. The minimum Gasteiger partial charge on any atom is -0.492 e. The average Bonchev–Trinajstić information content (AvgIpc) is 2.38. The second-order valence-electron chi connectivity index (χ2n) is 4.97. The van der Waals surface area contributed by atoms with E-state index in [-0.39, 0.29) is 0 Å². The third-order valence-corrected chi connectivity index (χ3v) is 3.24. The van der Waals surface area contributed by atoms with Crippen molar-refractivity contribution in [3.63, 3.8) is 0 Å². The topological polar surface area (TPSA) is 26.3 Å². The molecule has 0 aromatic heterocycles. The molecule has 100 valence electrons. The molecule has 0 atom stereocenters. The van der Waals surface area contributed by atoms with Crippen molar-refractivity contribution in [1.29, 1.82) is 0 Å². The zero-order valence-corrected chi connectivity index (χ0v) is 11.9. The Morgan fingerprint density at radius 2 is 1.95 bits per heavy atom. The van der Waals surface area contributed by atoms with Crippen molar-refractivity contribution >= 4 is 27.6 Å². The number of rotatable bonds is 5. The Bertz CT molecular complexity index is 590. The van der Waals surface area contributed by atoms with Crippen LogP contribution in [-0.2, 0) is 0 Å².